The molecule has 1 aliphatic heterocycles. The Hall–Kier alpha value is -2.14. The number of hydrogen-bond donors (Lipinski definition) is 1. The fraction of sp³-hybridized carbons (Fsp3) is 0.333. The molecule has 1 N–H and O–H groups in total. The minimum Gasteiger partial charge on any atom is -0.499 e. The lowest BCUT2D eigenvalue weighted by Gasteiger charge is -2.31. The van der Waals surface area contributed by atoms with Gasteiger partial charge in [-0.1, -0.05) is 60.7 Å². The molecule has 0 amide bonds. The molecule has 0 saturated heterocycles. The van der Waals surface area contributed by atoms with Gasteiger partial charge in [0, 0.05) is 0 Å². The standard InChI is InChI=1S/C21H24O4/c22-19-16-23-13-7-12-20(24-14-17-8-3-1-4-9-17)21(19)25-15-18-10-5-2-6-11-18/h1-11,13,19-22H,12,14-16H2/b13-7-/t19-,20-,21-/m1/s1. The van der Waals surface area contributed by atoms with E-state index in [1.165, 1.54) is 0 Å². The van der Waals surface area contributed by atoms with Gasteiger partial charge in [0.15, 0.2) is 0 Å². The maximum Gasteiger partial charge on any atom is 0.117 e. The highest BCUT2D eigenvalue weighted by atomic mass is 16.6. The predicted molar refractivity (Wildman–Crippen MR) is 95.8 cm³/mol. The van der Waals surface area contributed by atoms with Gasteiger partial charge in [0.25, 0.3) is 0 Å². The van der Waals surface area contributed by atoms with Crippen molar-refractivity contribution in [3.05, 3.63) is 84.1 Å². The van der Waals surface area contributed by atoms with Gasteiger partial charge in [-0.2, -0.15) is 0 Å². The number of ether oxygens (including phenoxy) is 3. The van der Waals surface area contributed by atoms with E-state index in [1.807, 2.05) is 66.7 Å². The zero-order valence-electron chi connectivity index (χ0n) is 14.2. The summed E-state index contributed by atoms with van der Waals surface area (Å²) < 4.78 is 17.4. The Kier molecular flexibility index (Phi) is 6.63. The molecule has 3 atom stereocenters. The molecule has 0 saturated carbocycles. The Morgan fingerprint density at radius 3 is 2.12 bits per heavy atom. The van der Waals surface area contributed by atoms with Gasteiger partial charge in [-0.3, -0.25) is 0 Å². The van der Waals surface area contributed by atoms with Crippen LogP contribution in [0.1, 0.15) is 17.5 Å². The smallest absolute Gasteiger partial charge is 0.117 e. The molecule has 0 radical (unpaired) electrons. The average Bonchev–Trinajstić information content (AvgIpc) is 2.65. The fourth-order valence-electron chi connectivity index (χ4n) is 2.81. The summed E-state index contributed by atoms with van der Waals surface area (Å²) in [6, 6.07) is 19.9. The van der Waals surface area contributed by atoms with Crippen LogP contribution in [-0.4, -0.2) is 30.0 Å². The number of hydrogen-bond acceptors (Lipinski definition) is 4. The van der Waals surface area contributed by atoms with Crippen molar-refractivity contribution in [2.75, 3.05) is 6.61 Å². The van der Waals surface area contributed by atoms with Gasteiger partial charge in [-0.25, -0.2) is 0 Å². The maximum atomic E-state index is 10.5. The van der Waals surface area contributed by atoms with E-state index in [1.54, 1.807) is 6.26 Å². The van der Waals surface area contributed by atoms with Crippen molar-refractivity contribution in [3.63, 3.8) is 0 Å². The van der Waals surface area contributed by atoms with E-state index in [-0.39, 0.29) is 12.7 Å². The lowest BCUT2D eigenvalue weighted by molar-refractivity contribution is -0.143. The lowest BCUT2D eigenvalue weighted by atomic mass is 10.0. The minimum atomic E-state index is -0.741. The van der Waals surface area contributed by atoms with Crippen molar-refractivity contribution in [2.24, 2.45) is 0 Å². The Bertz CT molecular complexity index is 641. The van der Waals surface area contributed by atoms with Gasteiger partial charge in [-0.05, 0) is 23.6 Å². The van der Waals surface area contributed by atoms with E-state index in [2.05, 4.69) is 0 Å². The number of benzene rings is 2. The second-order valence-electron chi connectivity index (χ2n) is 6.10. The van der Waals surface area contributed by atoms with Crippen LogP contribution in [0, 0.1) is 0 Å². The summed E-state index contributed by atoms with van der Waals surface area (Å²) in [6.45, 7) is 1.11. The fourth-order valence-corrected chi connectivity index (χ4v) is 2.81. The van der Waals surface area contributed by atoms with Crippen LogP contribution < -0.4 is 0 Å². The minimum absolute atomic E-state index is 0.196. The normalized spacial score (nSPS) is 24.8. The molecule has 2 aromatic carbocycles. The molecule has 0 bridgehead atoms. The van der Waals surface area contributed by atoms with E-state index in [0.29, 0.717) is 19.6 Å². The summed E-state index contributed by atoms with van der Waals surface area (Å²) in [4.78, 5) is 0. The molecule has 0 aromatic heterocycles. The van der Waals surface area contributed by atoms with Crippen LogP contribution in [-0.2, 0) is 27.4 Å². The Morgan fingerprint density at radius 2 is 1.48 bits per heavy atom. The van der Waals surface area contributed by atoms with Crippen molar-refractivity contribution in [1.82, 2.24) is 0 Å². The Labute approximate surface area is 148 Å². The highest BCUT2D eigenvalue weighted by molar-refractivity contribution is 5.14. The predicted octanol–water partition coefficient (Wildman–Crippen LogP) is 3.45. The largest absolute Gasteiger partial charge is 0.499 e. The van der Waals surface area contributed by atoms with Gasteiger partial charge >= 0.3 is 0 Å². The molecule has 4 heteroatoms. The monoisotopic (exact) mass is 340 g/mol. The zero-order valence-corrected chi connectivity index (χ0v) is 14.2. The van der Waals surface area contributed by atoms with Gasteiger partial charge in [0.1, 0.15) is 18.8 Å². The lowest BCUT2D eigenvalue weighted by Crippen LogP contribution is -2.43. The third-order valence-electron chi connectivity index (χ3n) is 4.17. The van der Waals surface area contributed by atoms with Crippen molar-refractivity contribution in [2.45, 2.75) is 37.9 Å². The second kappa shape index (κ2) is 9.37. The topological polar surface area (TPSA) is 47.9 Å². The van der Waals surface area contributed by atoms with Crippen LogP contribution in [0.3, 0.4) is 0 Å². The van der Waals surface area contributed by atoms with Crippen LogP contribution in [0.4, 0.5) is 0 Å². The third kappa shape index (κ3) is 5.43. The summed E-state index contributed by atoms with van der Waals surface area (Å²) in [5.74, 6) is 0. The molecular formula is C21H24O4. The van der Waals surface area contributed by atoms with Crippen LogP contribution in [0.15, 0.2) is 73.0 Å². The summed E-state index contributed by atoms with van der Waals surface area (Å²) in [5, 5.41) is 10.5. The number of aliphatic hydroxyl groups is 1. The average molecular weight is 340 g/mol. The van der Waals surface area contributed by atoms with E-state index in [4.69, 9.17) is 14.2 Å². The van der Waals surface area contributed by atoms with Crippen molar-refractivity contribution < 1.29 is 19.3 Å². The molecule has 3 rings (SSSR count). The van der Waals surface area contributed by atoms with Crippen molar-refractivity contribution >= 4 is 0 Å². The highest BCUT2D eigenvalue weighted by Gasteiger charge is 2.31. The molecule has 2 aromatic rings. The second-order valence-corrected chi connectivity index (χ2v) is 6.10. The summed E-state index contributed by atoms with van der Waals surface area (Å²) in [6.07, 6.45) is 2.74. The van der Waals surface area contributed by atoms with Gasteiger partial charge in [-0.15, -0.1) is 0 Å². The van der Waals surface area contributed by atoms with E-state index in [0.717, 1.165) is 11.1 Å². The third-order valence-corrected chi connectivity index (χ3v) is 4.17. The number of rotatable bonds is 6. The van der Waals surface area contributed by atoms with Gasteiger partial charge in [0.05, 0.1) is 25.6 Å². The van der Waals surface area contributed by atoms with E-state index in [9.17, 15) is 5.11 Å². The van der Waals surface area contributed by atoms with Gasteiger partial charge in [0.2, 0.25) is 0 Å². The summed E-state index contributed by atoms with van der Waals surface area (Å²) in [5.41, 5.74) is 2.16. The molecule has 0 unspecified atom stereocenters. The first kappa shape index (κ1) is 17.7. The first-order valence-corrected chi connectivity index (χ1v) is 8.58. The van der Waals surface area contributed by atoms with E-state index < -0.39 is 12.2 Å². The molecule has 132 valence electrons. The van der Waals surface area contributed by atoms with E-state index >= 15 is 0 Å². The van der Waals surface area contributed by atoms with Crippen molar-refractivity contribution in [1.29, 1.82) is 0 Å². The first-order chi connectivity index (χ1) is 12.3. The molecule has 25 heavy (non-hydrogen) atoms. The number of aliphatic hydroxyl groups excluding tert-OH is 1. The quantitative estimate of drug-likeness (QED) is 0.875. The molecule has 0 aliphatic carbocycles. The molecule has 0 spiro atoms. The first-order valence-electron chi connectivity index (χ1n) is 8.58. The van der Waals surface area contributed by atoms with Crippen molar-refractivity contribution in [3.8, 4) is 0 Å². The SMILES string of the molecule is O[C@@H]1CO/C=C\C[C@@H](OCc2ccccc2)[C@@H]1OCc1ccccc1. The van der Waals surface area contributed by atoms with Crippen LogP contribution in [0.2, 0.25) is 0 Å². The summed E-state index contributed by atoms with van der Waals surface area (Å²) in [7, 11) is 0. The Balaban J connectivity index is 1.66. The summed E-state index contributed by atoms with van der Waals surface area (Å²) >= 11 is 0. The van der Waals surface area contributed by atoms with Crippen LogP contribution >= 0.6 is 0 Å². The van der Waals surface area contributed by atoms with Gasteiger partial charge < -0.3 is 19.3 Å². The molecule has 0 fully saturated rings. The zero-order chi connectivity index (χ0) is 17.3. The molecule has 4 nitrogen and oxygen atoms in total. The molecule has 1 aliphatic rings. The maximum absolute atomic E-state index is 10.5. The highest BCUT2D eigenvalue weighted by Crippen LogP contribution is 2.20. The Morgan fingerprint density at radius 1 is 0.880 bits per heavy atom. The van der Waals surface area contributed by atoms with Crippen LogP contribution in [0.25, 0.3) is 0 Å². The molecular weight excluding hydrogens is 316 g/mol. The molecule has 1 heterocycles. The van der Waals surface area contributed by atoms with Crippen LogP contribution in [0.5, 0.6) is 0 Å².